The number of carboxylic acid groups (broad SMARTS) is 1. The summed E-state index contributed by atoms with van der Waals surface area (Å²) in [5.41, 5.74) is -0.388. The number of carboxylic acids is 1. The van der Waals surface area contributed by atoms with Gasteiger partial charge < -0.3 is 9.84 Å². The lowest BCUT2D eigenvalue weighted by atomic mass is 10.2. The minimum atomic E-state index is -4.06. The van der Waals surface area contributed by atoms with E-state index in [4.69, 9.17) is 20.5 Å². The van der Waals surface area contributed by atoms with Crippen LogP contribution < -0.4 is 4.74 Å². The summed E-state index contributed by atoms with van der Waals surface area (Å²) in [6.07, 6.45) is -0.386. The summed E-state index contributed by atoms with van der Waals surface area (Å²) in [4.78, 5) is 10.8. The molecule has 1 heterocycles. The number of benzene rings is 1. The van der Waals surface area contributed by atoms with Gasteiger partial charge in [-0.1, -0.05) is 0 Å². The Morgan fingerprint density at radius 3 is 2.52 bits per heavy atom. The van der Waals surface area contributed by atoms with Gasteiger partial charge in [-0.15, -0.1) is 0 Å². The Morgan fingerprint density at radius 1 is 1.38 bits per heavy atom. The molecule has 116 valence electrons. The Morgan fingerprint density at radius 2 is 2.05 bits per heavy atom. The molecule has 0 spiro atoms. The Balaban J connectivity index is 2.34. The molecule has 0 aromatic heterocycles. The average molecular weight is 355 g/mol. The van der Waals surface area contributed by atoms with Crippen molar-refractivity contribution in [2.24, 2.45) is 0 Å². The van der Waals surface area contributed by atoms with Crippen LogP contribution in [0, 0.1) is 0 Å². The van der Waals surface area contributed by atoms with Gasteiger partial charge in [-0.05, 0) is 24.6 Å². The molecule has 1 aromatic rings. The van der Waals surface area contributed by atoms with E-state index in [-0.39, 0.29) is 34.1 Å². The van der Waals surface area contributed by atoms with Gasteiger partial charge in [-0.25, -0.2) is 21.6 Å². The van der Waals surface area contributed by atoms with Crippen LogP contribution in [0.15, 0.2) is 23.1 Å². The van der Waals surface area contributed by atoms with Crippen molar-refractivity contribution < 1.29 is 31.5 Å². The van der Waals surface area contributed by atoms with E-state index in [0.29, 0.717) is 0 Å². The van der Waals surface area contributed by atoms with E-state index in [1.54, 1.807) is 0 Å². The van der Waals surface area contributed by atoms with Gasteiger partial charge in [-0.3, -0.25) is 0 Å². The van der Waals surface area contributed by atoms with Crippen LogP contribution in [0.2, 0.25) is 0 Å². The van der Waals surface area contributed by atoms with Gasteiger partial charge >= 0.3 is 5.97 Å². The number of sulfone groups is 1. The van der Waals surface area contributed by atoms with Crippen molar-refractivity contribution in [2.75, 3.05) is 11.5 Å². The molecule has 1 fully saturated rings. The first-order valence-corrected chi connectivity index (χ1v) is 9.91. The van der Waals surface area contributed by atoms with Crippen LogP contribution in [0.5, 0.6) is 5.75 Å². The number of hydrogen-bond donors (Lipinski definition) is 1. The lowest BCUT2D eigenvalue weighted by Gasteiger charge is -2.14. The second-order valence-corrected chi connectivity index (χ2v) is 9.34. The minimum Gasteiger partial charge on any atom is -0.488 e. The summed E-state index contributed by atoms with van der Waals surface area (Å²) < 4.78 is 50.5. The van der Waals surface area contributed by atoms with Gasteiger partial charge in [0.2, 0.25) is 0 Å². The molecule has 1 aliphatic rings. The summed E-state index contributed by atoms with van der Waals surface area (Å²) in [5.74, 6) is -1.70. The fourth-order valence-corrected chi connectivity index (χ4v) is 4.33. The van der Waals surface area contributed by atoms with Crippen molar-refractivity contribution in [3.8, 4) is 5.75 Å². The number of aromatic carboxylic acids is 1. The first kappa shape index (κ1) is 16.1. The van der Waals surface area contributed by atoms with E-state index in [1.165, 1.54) is 0 Å². The second-order valence-electron chi connectivity index (χ2n) is 4.54. The van der Waals surface area contributed by atoms with Crippen LogP contribution in [0.25, 0.3) is 0 Å². The number of hydrogen-bond acceptors (Lipinski definition) is 6. The SMILES string of the molecule is O=C(O)c1cc(S(=O)(=O)Cl)ccc1OC1CCS(=O)(=O)C1. The van der Waals surface area contributed by atoms with Crippen LogP contribution in [0.4, 0.5) is 0 Å². The molecular formula is C11H11ClO7S2. The Bertz CT molecular complexity index is 783. The highest BCUT2D eigenvalue weighted by atomic mass is 35.7. The normalized spacial score (nSPS) is 21.1. The third kappa shape index (κ3) is 3.86. The lowest BCUT2D eigenvalue weighted by molar-refractivity contribution is 0.0689. The largest absolute Gasteiger partial charge is 0.488 e. The number of rotatable bonds is 4. The lowest BCUT2D eigenvalue weighted by Crippen LogP contribution is -2.19. The highest BCUT2D eigenvalue weighted by Gasteiger charge is 2.30. The fraction of sp³-hybridized carbons (Fsp3) is 0.364. The van der Waals surface area contributed by atoms with Crippen LogP contribution in [-0.4, -0.2) is 45.5 Å². The molecule has 1 aliphatic heterocycles. The first-order valence-electron chi connectivity index (χ1n) is 5.77. The fourth-order valence-electron chi connectivity index (χ4n) is 1.96. The van der Waals surface area contributed by atoms with Crippen molar-refractivity contribution in [3.63, 3.8) is 0 Å². The van der Waals surface area contributed by atoms with Crippen molar-refractivity contribution in [3.05, 3.63) is 23.8 Å². The molecule has 0 bridgehead atoms. The summed E-state index contributed by atoms with van der Waals surface area (Å²) in [6.45, 7) is 0. The summed E-state index contributed by atoms with van der Waals surface area (Å²) >= 11 is 0. The number of ether oxygens (including phenoxy) is 1. The zero-order valence-electron chi connectivity index (χ0n) is 10.5. The summed E-state index contributed by atoms with van der Waals surface area (Å²) in [6, 6.07) is 3.14. The van der Waals surface area contributed by atoms with Gasteiger partial charge in [0.25, 0.3) is 9.05 Å². The average Bonchev–Trinajstić information content (AvgIpc) is 2.67. The summed E-state index contributed by atoms with van der Waals surface area (Å²) in [7, 11) is -2.08. The molecule has 0 radical (unpaired) electrons. The first-order chi connectivity index (χ1) is 9.58. The molecule has 7 nitrogen and oxygen atoms in total. The Labute approximate surface area is 125 Å². The van der Waals surface area contributed by atoms with Crippen LogP contribution in [-0.2, 0) is 18.9 Å². The molecule has 1 saturated heterocycles. The van der Waals surface area contributed by atoms with E-state index in [9.17, 15) is 21.6 Å². The molecule has 0 aliphatic carbocycles. The van der Waals surface area contributed by atoms with E-state index in [1.807, 2.05) is 0 Å². The Hall–Kier alpha value is -1.32. The third-order valence-electron chi connectivity index (χ3n) is 2.95. The van der Waals surface area contributed by atoms with Crippen LogP contribution in [0.1, 0.15) is 16.8 Å². The third-order valence-corrected chi connectivity index (χ3v) is 6.04. The topological polar surface area (TPSA) is 115 Å². The molecule has 1 unspecified atom stereocenters. The molecule has 0 saturated carbocycles. The number of halogens is 1. The molecule has 0 amide bonds. The maximum atomic E-state index is 11.3. The van der Waals surface area contributed by atoms with Gasteiger partial charge in [-0.2, -0.15) is 0 Å². The smallest absolute Gasteiger partial charge is 0.339 e. The second kappa shape index (κ2) is 5.47. The van der Waals surface area contributed by atoms with Gasteiger partial charge in [0.05, 0.1) is 16.4 Å². The molecular weight excluding hydrogens is 344 g/mol. The minimum absolute atomic E-state index is 0.0196. The van der Waals surface area contributed by atoms with Crippen molar-refractivity contribution in [1.82, 2.24) is 0 Å². The van der Waals surface area contributed by atoms with Crippen molar-refractivity contribution in [2.45, 2.75) is 17.4 Å². The van der Waals surface area contributed by atoms with Crippen LogP contribution >= 0.6 is 10.7 Å². The summed E-state index contributed by atoms with van der Waals surface area (Å²) in [5, 5.41) is 9.10. The highest BCUT2D eigenvalue weighted by Crippen LogP contribution is 2.27. The van der Waals surface area contributed by atoms with Crippen LogP contribution in [0.3, 0.4) is 0 Å². The monoisotopic (exact) mass is 354 g/mol. The number of carbonyl (C=O) groups is 1. The Kier molecular flexibility index (Phi) is 4.18. The molecule has 10 heteroatoms. The molecule has 1 aromatic carbocycles. The van der Waals surface area contributed by atoms with E-state index in [0.717, 1.165) is 18.2 Å². The maximum Gasteiger partial charge on any atom is 0.339 e. The zero-order chi connectivity index (χ0) is 15.8. The molecule has 1 N–H and O–H groups in total. The van der Waals surface area contributed by atoms with Gasteiger partial charge in [0.1, 0.15) is 17.4 Å². The van der Waals surface area contributed by atoms with Gasteiger partial charge in [0.15, 0.2) is 9.84 Å². The maximum absolute atomic E-state index is 11.3. The standard InChI is InChI=1S/C11H11ClO7S2/c12-21(17,18)8-1-2-10(9(5-8)11(13)14)19-7-3-4-20(15,16)6-7/h1-2,5,7H,3-4,6H2,(H,13,14). The molecule has 21 heavy (non-hydrogen) atoms. The van der Waals surface area contributed by atoms with E-state index < -0.39 is 31.0 Å². The van der Waals surface area contributed by atoms with Gasteiger partial charge in [0, 0.05) is 10.7 Å². The van der Waals surface area contributed by atoms with Crippen molar-refractivity contribution >= 4 is 35.5 Å². The predicted octanol–water partition coefficient (Wildman–Crippen LogP) is 0.878. The highest BCUT2D eigenvalue weighted by molar-refractivity contribution is 8.13. The van der Waals surface area contributed by atoms with E-state index >= 15 is 0 Å². The van der Waals surface area contributed by atoms with Crippen molar-refractivity contribution in [1.29, 1.82) is 0 Å². The van der Waals surface area contributed by atoms with E-state index in [2.05, 4.69) is 0 Å². The molecule has 1 atom stereocenters. The molecule has 2 rings (SSSR count). The quantitative estimate of drug-likeness (QED) is 0.798. The zero-order valence-corrected chi connectivity index (χ0v) is 12.9. The predicted molar refractivity (Wildman–Crippen MR) is 74.1 cm³/mol.